The normalized spacial score (nSPS) is 12.1. The number of carbonyl (C=O) groups excluding carboxylic acids is 1. The maximum absolute atomic E-state index is 13.6. The molecule has 0 saturated carbocycles. The van der Waals surface area contributed by atoms with E-state index in [1.807, 2.05) is 0 Å². The van der Waals surface area contributed by atoms with Crippen LogP contribution in [-0.2, 0) is 6.18 Å². The monoisotopic (exact) mass is 578 g/mol. The molecule has 206 valence electrons. The van der Waals surface area contributed by atoms with Crippen LogP contribution in [0.4, 0.5) is 41.9 Å². The van der Waals surface area contributed by atoms with E-state index in [-0.39, 0.29) is 33.6 Å². The van der Waals surface area contributed by atoms with Crippen molar-refractivity contribution in [3.63, 3.8) is 0 Å². The third-order valence-corrected chi connectivity index (χ3v) is 7.09. The van der Waals surface area contributed by atoms with E-state index in [9.17, 15) is 18.0 Å². The van der Waals surface area contributed by atoms with Gasteiger partial charge in [-0.2, -0.15) is 23.0 Å². The molecule has 0 aliphatic carbocycles. The van der Waals surface area contributed by atoms with Gasteiger partial charge in [-0.15, -0.1) is 21.5 Å². The van der Waals surface area contributed by atoms with Gasteiger partial charge in [-0.1, -0.05) is 6.07 Å². The van der Waals surface area contributed by atoms with Crippen LogP contribution < -0.4 is 17.2 Å². The van der Waals surface area contributed by atoms with Gasteiger partial charge >= 0.3 is 6.18 Å². The number of pyridine rings is 1. The molecule has 0 unspecified atom stereocenters. The smallest absolute Gasteiger partial charge is 0.416 e. The van der Waals surface area contributed by atoms with Crippen molar-refractivity contribution in [1.29, 1.82) is 0 Å². The number of carbonyl (C=O) groups is 1. The number of hydrogen-bond donors (Lipinski definition) is 3. The Labute approximate surface area is 231 Å². The fourth-order valence-corrected chi connectivity index (χ4v) is 5.15. The Balaban J connectivity index is 1.41. The van der Waals surface area contributed by atoms with Gasteiger partial charge < -0.3 is 26.0 Å². The number of furan rings is 2. The summed E-state index contributed by atoms with van der Waals surface area (Å²) in [5, 5.41) is 12.1. The second-order valence-electron chi connectivity index (χ2n) is 8.62. The predicted octanol–water partition coefficient (Wildman–Crippen LogP) is 6.88. The first-order chi connectivity index (χ1) is 19.6. The van der Waals surface area contributed by atoms with Crippen LogP contribution in [0, 0.1) is 0 Å². The highest BCUT2D eigenvalue weighted by Crippen LogP contribution is 2.42. The first kappa shape index (κ1) is 25.8. The van der Waals surface area contributed by atoms with Gasteiger partial charge in [-0.25, -0.2) is 4.98 Å². The molecular formula is C26H17F3N8O3S. The van der Waals surface area contributed by atoms with Gasteiger partial charge in [0, 0.05) is 10.9 Å². The number of rotatable bonds is 5. The van der Waals surface area contributed by atoms with Crippen LogP contribution in [0.2, 0.25) is 0 Å². The lowest BCUT2D eigenvalue weighted by atomic mass is 10.1. The summed E-state index contributed by atoms with van der Waals surface area (Å²) in [4.78, 5) is 18.7. The van der Waals surface area contributed by atoms with Crippen molar-refractivity contribution in [2.45, 2.75) is 6.18 Å². The summed E-state index contributed by atoms with van der Waals surface area (Å²) in [6.45, 7) is 0. The summed E-state index contributed by atoms with van der Waals surface area (Å²) in [6.07, 6.45) is -1.54. The lowest BCUT2D eigenvalue weighted by Crippen LogP contribution is -2.16. The first-order valence-corrected chi connectivity index (χ1v) is 12.5. The van der Waals surface area contributed by atoms with Crippen LogP contribution >= 0.6 is 11.3 Å². The fourth-order valence-electron chi connectivity index (χ4n) is 4.10. The van der Waals surface area contributed by atoms with E-state index >= 15 is 0 Å². The highest BCUT2D eigenvalue weighted by Gasteiger charge is 2.31. The van der Waals surface area contributed by atoms with E-state index in [1.54, 1.807) is 30.3 Å². The fraction of sp³-hybridized carbons (Fsp3) is 0.0385. The van der Waals surface area contributed by atoms with Crippen molar-refractivity contribution >= 4 is 56.2 Å². The number of azo groups is 1. The minimum Gasteiger partial charge on any atom is -0.464 e. The molecule has 0 fully saturated rings. The minimum atomic E-state index is -4.56. The largest absolute Gasteiger partial charge is 0.464 e. The number of halogens is 3. The molecule has 0 spiro atoms. The van der Waals surface area contributed by atoms with Crippen LogP contribution in [0.1, 0.15) is 15.2 Å². The lowest BCUT2D eigenvalue weighted by Gasteiger charge is -2.06. The van der Waals surface area contributed by atoms with E-state index in [4.69, 9.17) is 26.0 Å². The van der Waals surface area contributed by atoms with Crippen LogP contribution in [0.3, 0.4) is 0 Å². The van der Waals surface area contributed by atoms with Gasteiger partial charge in [0.05, 0.1) is 29.5 Å². The maximum atomic E-state index is 13.6. The zero-order valence-corrected chi connectivity index (χ0v) is 21.4. The van der Waals surface area contributed by atoms with Crippen molar-refractivity contribution in [2.75, 3.05) is 17.2 Å². The van der Waals surface area contributed by atoms with Gasteiger partial charge in [0.2, 0.25) is 0 Å². The zero-order chi connectivity index (χ0) is 28.9. The number of fused-ring (bicyclic) bond motifs is 1. The van der Waals surface area contributed by atoms with E-state index < -0.39 is 17.6 Å². The van der Waals surface area contributed by atoms with Crippen molar-refractivity contribution in [1.82, 2.24) is 14.8 Å². The highest BCUT2D eigenvalue weighted by molar-refractivity contribution is 7.21. The van der Waals surface area contributed by atoms with Crippen LogP contribution in [0.5, 0.6) is 0 Å². The number of aromatic nitrogens is 3. The van der Waals surface area contributed by atoms with E-state index in [0.717, 1.165) is 28.2 Å². The molecule has 5 heterocycles. The molecule has 0 bridgehead atoms. The molecule has 5 aromatic heterocycles. The van der Waals surface area contributed by atoms with Gasteiger partial charge in [0.1, 0.15) is 21.2 Å². The Kier molecular flexibility index (Phi) is 6.07. The number of nitrogen functional groups attached to an aromatic ring is 3. The number of alkyl halides is 3. The average molecular weight is 579 g/mol. The maximum Gasteiger partial charge on any atom is 0.416 e. The van der Waals surface area contributed by atoms with E-state index in [0.29, 0.717) is 33.0 Å². The van der Waals surface area contributed by atoms with Crippen molar-refractivity contribution < 1.29 is 26.8 Å². The van der Waals surface area contributed by atoms with Crippen molar-refractivity contribution in [2.24, 2.45) is 10.2 Å². The highest BCUT2D eigenvalue weighted by atomic mass is 32.1. The summed E-state index contributed by atoms with van der Waals surface area (Å²) >= 11 is 1.00. The molecular weight excluding hydrogens is 561 g/mol. The van der Waals surface area contributed by atoms with Crippen molar-refractivity contribution in [3.8, 4) is 22.8 Å². The number of benzene rings is 1. The number of hydrogen-bond acceptors (Lipinski definition) is 11. The molecule has 6 aromatic rings. The number of nitrogens with two attached hydrogens (primary N) is 3. The Bertz CT molecular complexity index is 1940. The topological polar surface area (TPSA) is 177 Å². The second-order valence-corrected chi connectivity index (χ2v) is 9.62. The average Bonchev–Trinajstić information content (AvgIpc) is 3.75. The molecule has 0 saturated heterocycles. The summed E-state index contributed by atoms with van der Waals surface area (Å²) in [7, 11) is 0. The summed E-state index contributed by atoms with van der Waals surface area (Å²) in [5.41, 5.74) is 18.5. The Hall–Kier alpha value is -5.44. The van der Waals surface area contributed by atoms with Crippen LogP contribution in [0.25, 0.3) is 33.0 Å². The third kappa shape index (κ3) is 4.57. The zero-order valence-electron chi connectivity index (χ0n) is 20.6. The Morgan fingerprint density at radius 3 is 2.37 bits per heavy atom. The molecule has 41 heavy (non-hydrogen) atoms. The molecule has 0 amide bonds. The van der Waals surface area contributed by atoms with Gasteiger partial charge in [0.15, 0.2) is 23.1 Å². The van der Waals surface area contributed by atoms with Gasteiger partial charge in [-0.3, -0.25) is 4.79 Å². The summed E-state index contributed by atoms with van der Waals surface area (Å²) in [6, 6.07) is 12.9. The Morgan fingerprint density at radius 2 is 1.68 bits per heavy atom. The molecule has 0 radical (unpaired) electrons. The first-order valence-electron chi connectivity index (χ1n) is 11.7. The molecule has 0 atom stereocenters. The quantitative estimate of drug-likeness (QED) is 0.185. The molecule has 15 heteroatoms. The van der Waals surface area contributed by atoms with Gasteiger partial charge in [-0.05, 0) is 48.5 Å². The standard InChI is InChI=1S/C26H17F3N8O3S/c27-26(28,29)12-4-1-5-13(10-12)34-35-20-22(31)36-37(23(20)32)25(38)21-19(30)18-14(16-6-2-8-39-16)11-15(33-24(18)41-21)17-7-3-9-40-17/h1-11H,30,32H2,(H2,31,36). The molecule has 6 rings (SSSR count). The number of nitrogens with zero attached hydrogens (tertiary/aromatic N) is 5. The van der Waals surface area contributed by atoms with Crippen LogP contribution in [-0.4, -0.2) is 20.7 Å². The molecule has 1 aromatic carbocycles. The molecule has 11 nitrogen and oxygen atoms in total. The summed E-state index contributed by atoms with van der Waals surface area (Å²) in [5.74, 6) is -0.273. The minimum absolute atomic E-state index is 0.0625. The Morgan fingerprint density at radius 1 is 0.951 bits per heavy atom. The summed E-state index contributed by atoms with van der Waals surface area (Å²) < 4.78 is 51.0. The molecule has 0 aliphatic heterocycles. The predicted molar refractivity (Wildman–Crippen MR) is 146 cm³/mol. The van der Waals surface area contributed by atoms with E-state index in [1.165, 1.54) is 24.7 Å². The van der Waals surface area contributed by atoms with Crippen molar-refractivity contribution in [3.05, 3.63) is 77.6 Å². The van der Waals surface area contributed by atoms with E-state index in [2.05, 4.69) is 20.3 Å². The molecule has 6 N–H and O–H groups in total. The lowest BCUT2D eigenvalue weighted by molar-refractivity contribution is -0.137. The number of anilines is 3. The third-order valence-electron chi connectivity index (χ3n) is 6.01. The van der Waals surface area contributed by atoms with Gasteiger partial charge in [0.25, 0.3) is 5.91 Å². The van der Waals surface area contributed by atoms with Crippen LogP contribution in [0.15, 0.2) is 86.2 Å². The number of thiophene rings is 1. The molecule has 0 aliphatic rings. The SMILES string of the molecule is Nc1nn(C(=O)c2sc3nc(-c4ccco4)cc(-c4ccco4)c3c2N)c(N)c1N=Nc1cccc(C(F)(F)F)c1. The second kappa shape index (κ2) is 9.63.